The molecule has 0 spiro atoms. The smallest absolute Gasteiger partial charge is 0.322 e. The van der Waals surface area contributed by atoms with E-state index in [4.69, 9.17) is 9.47 Å². The van der Waals surface area contributed by atoms with Crippen LogP contribution in [0.3, 0.4) is 0 Å². The summed E-state index contributed by atoms with van der Waals surface area (Å²) in [4.78, 5) is 37.7. The molecule has 1 heterocycles. The molecule has 1 amide bonds. The van der Waals surface area contributed by atoms with E-state index >= 15 is 0 Å². The molecule has 28 heavy (non-hydrogen) atoms. The summed E-state index contributed by atoms with van der Waals surface area (Å²) >= 11 is 0. The van der Waals surface area contributed by atoms with Crippen molar-refractivity contribution in [2.24, 2.45) is 23.2 Å². The molecule has 1 aromatic rings. The summed E-state index contributed by atoms with van der Waals surface area (Å²) in [5, 5.41) is 3.06. The Morgan fingerprint density at radius 1 is 1.21 bits per heavy atom. The molecule has 1 saturated heterocycles. The van der Waals surface area contributed by atoms with Gasteiger partial charge in [0.25, 0.3) is 0 Å². The summed E-state index contributed by atoms with van der Waals surface area (Å²) in [6, 6.07) is 9.67. The van der Waals surface area contributed by atoms with E-state index in [9.17, 15) is 14.4 Å². The number of methoxy groups -OCH3 is 1. The van der Waals surface area contributed by atoms with Crippen molar-refractivity contribution in [1.82, 2.24) is 5.32 Å². The molecule has 1 fully saturated rings. The van der Waals surface area contributed by atoms with E-state index in [0.29, 0.717) is 6.42 Å². The third kappa shape index (κ3) is 3.21. The maximum absolute atomic E-state index is 13.3. The number of allylic oxidation sites excluding steroid dienone is 1. The zero-order chi connectivity index (χ0) is 20.5. The summed E-state index contributed by atoms with van der Waals surface area (Å²) in [6.45, 7) is 5.32. The van der Waals surface area contributed by atoms with Gasteiger partial charge in [-0.3, -0.25) is 14.4 Å². The van der Waals surface area contributed by atoms with Crippen LogP contribution in [0.15, 0.2) is 42.0 Å². The summed E-state index contributed by atoms with van der Waals surface area (Å²) in [5.41, 5.74) is 0.767. The van der Waals surface area contributed by atoms with Gasteiger partial charge in [0.15, 0.2) is 5.41 Å². The standard InChI is InChI=1S/C22H27NO5/c1-13-10-17(12-28-15(3)24)22(21(26)27-4)19(14(13)2)18(23-20(22)25)11-16-8-6-5-7-9-16/h5-10,14,17-19H,11-12H2,1-4H3,(H,23,25)/t14-,17-,18+,19+,22-/m1/s1. The van der Waals surface area contributed by atoms with Crippen LogP contribution in [0.5, 0.6) is 0 Å². The first kappa shape index (κ1) is 20.1. The number of esters is 2. The van der Waals surface area contributed by atoms with Crippen LogP contribution in [0, 0.1) is 23.2 Å². The van der Waals surface area contributed by atoms with Crippen molar-refractivity contribution in [2.45, 2.75) is 33.2 Å². The molecule has 150 valence electrons. The predicted octanol–water partition coefficient (Wildman–Crippen LogP) is 2.28. The van der Waals surface area contributed by atoms with Crippen molar-refractivity contribution >= 4 is 17.8 Å². The topological polar surface area (TPSA) is 81.7 Å². The predicted molar refractivity (Wildman–Crippen MR) is 103 cm³/mol. The molecule has 1 aliphatic carbocycles. The third-order valence-corrected chi connectivity index (χ3v) is 6.25. The number of carbonyl (C=O) groups is 3. The van der Waals surface area contributed by atoms with Gasteiger partial charge in [-0.1, -0.05) is 48.9 Å². The molecule has 0 radical (unpaired) electrons. The Bertz CT molecular complexity index is 802. The summed E-state index contributed by atoms with van der Waals surface area (Å²) < 4.78 is 10.3. The molecular weight excluding hydrogens is 358 g/mol. The summed E-state index contributed by atoms with van der Waals surface area (Å²) in [6.07, 6.45) is 2.51. The second kappa shape index (κ2) is 7.78. The van der Waals surface area contributed by atoms with E-state index in [1.54, 1.807) is 0 Å². The Balaban J connectivity index is 2.06. The van der Waals surface area contributed by atoms with Crippen LogP contribution < -0.4 is 5.32 Å². The van der Waals surface area contributed by atoms with Gasteiger partial charge in [-0.25, -0.2) is 0 Å². The van der Waals surface area contributed by atoms with E-state index in [0.717, 1.165) is 11.1 Å². The largest absolute Gasteiger partial charge is 0.468 e. The number of fused-ring (bicyclic) bond motifs is 1. The maximum atomic E-state index is 13.3. The second-order valence-electron chi connectivity index (χ2n) is 7.76. The molecule has 1 aliphatic heterocycles. The van der Waals surface area contributed by atoms with Gasteiger partial charge < -0.3 is 14.8 Å². The quantitative estimate of drug-likeness (QED) is 0.478. The minimum Gasteiger partial charge on any atom is -0.468 e. The Morgan fingerprint density at radius 2 is 1.89 bits per heavy atom. The highest BCUT2D eigenvalue weighted by molar-refractivity contribution is 6.06. The van der Waals surface area contributed by atoms with Crippen LogP contribution in [0.2, 0.25) is 0 Å². The van der Waals surface area contributed by atoms with Gasteiger partial charge in [0.2, 0.25) is 5.91 Å². The molecule has 0 aromatic heterocycles. The average molecular weight is 385 g/mol. The molecule has 0 unspecified atom stereocenters. The number of amides is 1. The lowest BCUT2D eigenvalue weighted by Crippen LogP contribution is -2.54. The van der Waals surface area contributed by atoms with Gasteiger partial charge in [0, 0.05) is 24.8 Å². The zero-order valence-electron chi connectivity index (χ0n) is 16.7. The highest BCUT2D eigenvalue weighted by Crippen LogP contribution is 2.53. The molecule has 0 bridgehead atoms. The van der Waals surface area contributed by atoms with E-state index in [1.807, 2.05) is 50.3 Å². The van der Waals surface area contributed by atoms with Crippen molar-refractivity contribution in [3.8, 4) is 0 Å². The van der Waals surface area contributed by atoms with E-state index in [1.165, 1.54) is 14.0 Å². The van der Waals surface area contributed by atoms with Crippen LogP contribution in [0.1, 0.15) is 26.3 Å². The van der Waals surface area contributed by atoms with E-state index in [2.05, 4.69) is 5.32 Å². The number of hydrogen-bond donors (Lipinski definition) is 1. The SMILES string of the molecule is COC(=O)[C@@]12C(=O)N[C@@H](Cc3ccccc3)[C@@H]1[C@H](C)C(C)=C[C@@H]2COC(C)=O. The normalized spacial score (nSPS) is 31.4. The molecular formula is C22H27NO5. The number of nitrogens with one attached hydrogen (secondary N) is 1. The van der Waals surface area contributed by atoms with Crippen molar-refractivity contribution in [2.75, 3.05) is 13.7 Å². The Kier molecular flexibility index (Phi) is 5.59. The fourth-order valence-corrected chi connectivity index (χ4v) is 4.87. The van der Waals surface area contributed by atoms with Crippen LogP contribution in [0.4, 0.5) is 0 Å². The monoisotopic (exact) mass is 385 g/mol. The van der Waals surface area contributed by atoms with Crippen LogP contribution in [-0.4, -0.2) is 37.6 Å². The Labute approximate surface area is 165 Å². The lowest BCUT2D eigenvalue weighted by molar-refractivity contribution is -0.168. The number of hydrogen-bond acceptors (Lipinski definition) is 5. The van der Waals surface area contributed by atoms with Crippen LogP contribution in [-0.2, 0) is 30.3 Å². The minimum atomic E-state index is -1.40. The first-order valence-electron chi connectivity index (χ1n) is 9.57. The first-order chi connectivity index (χ1) is 13.3. The number of rotatable bonds is 5. The number of carbonyl (C=O) groups excluding carboxylic acids is 3. The van der Waals surface area contributed by atoms with Crippen molar-refractivity contribution in [3.05, 3.63) is 47.5 Å². The van der Waals surface area contributed by atoms with Gasteiger partial charge in [0.1, 0.15) is 0 Å². The highest BCUT2D eigenvalue weighted by Gasteiger charge is 2.67. The molecule has 1 aromatic carbocycles. The molecule has 6 nitrogen and oxygen atoms in total. The second-order valence-corrected chi connectivity index (χ2v) is 7.76. The van der Waals surface area contributed by atoms with Crippen molar-refractivity contribution in [3.63, 3.8) is 0 Å². The summed E-state index contributed by atoms with van der Waals surface area (Å²) in [7, 11) is 1.30. The van der Waals surface area contributed by atoms with Gasteiger partial charge in [-0.15, -0.1) is 0 Å². The number of ether oxygens (including phenoxy) is 2. The lowest BCUT2D eigenvalue weighted by Gasteiger charge is -2.44. The molecule has 5 atom stereocenters. The molecule has 2 aliphatic rings. The molecule has 1 N–H and O–H groups in total. The lowest BCUT2D eigenvalue weighted by atomic mass is 9.57. The van der Waals surface area contributed by atoms with Gasteiger partial charge in [-0.05, 0) is 24.8 Å². The first-order valence-corrected chi connectivity index (χ1v) is 9.57. The third-order valence-electron chi connectivity index (χ3n) is 6.25. The van der Waals surface area contributed by atoms with E-state index in [-0.39, 0.29) is 30.4 Å². The Hall–Kier alpha value is -2.63. The maximum Gasteiger partial charge on any atom is 0.322 e. The Morgan fingerprint density at radius 3 is 2.50 bits per heavy atom. The fraction of sp³-hybridized carbons (Fsp3) is 0.500. The van der Waals surface area contributed by atoms with Gasteiger partial charge in [-0.2, -0.15) is 0 Å². The number of benzene rings is 1. The van der Waals surface area contributed by atoms with Crippen LogP contribution in [0.25, 0.3) is 0 Å². The zero-order valence-corrected chi connectivity index (χ0v) is 16.7. The molecule has 0 saturated carbocycles. The molecule has 3 rings (SSSR count). The van der Waals surface area contributed by atoms with Crippen LogP contribution >= 0.6 is 0 Å². The van der Waals surface area contributed by atoms with Gasteiger partial charge in [0.05, 0.1) is 13.7 Å². The molecule has 6 heteroatoms. The van der Waals surface area contributed by atoms with Crippen molar-refractivity contribution < 1.29 is 23.9 Å². The average Bonchev–Trinajstić information content (AvgIpc) is 2.96. The fourth-order valence-electron chi connectivity index (χ4n) is 4.87. The summed E-state index contributed by atoms with van der Waals surface area (Å²) in [5.74, 6) is -2.22. The highest BCUT2D eigenvalue weighted by atomic mass is 16.5. The van der Waals surface area contributed by atoms with Gasteiger partial charge >= 0.3 is 11.9 Å². The minimum absolute atomic E-state index is 0.000315. The van der Waals surface area contributed by atoms with E-state index < -0.39 is 23.3 Å². The van der Waals surface area contributed by atoms with Crippen molar-refractivity contribution in [1.29, 1.82) is 0 Å².